The largest absolute Gasteiger partial charge is 0.382 e. The summed E-state index contributed by atoms with van der Waals surface area (Å²) in [4.78, 5) is 0. The molecule has 1 aliphatic carbocycles. The Morgan fingerprint density at radius 1 is 1.22 bits per heavy atom. The monoisotopic (exact) mass is 357 g/mol. The number of halogens is 1. The maximum atomic E-state index is 3.77. The Balaban J connectivity index is 1.99. The number of rotatable bonds is 3. The van der Waals surface area contributed by atoms with Crippen molar-refractivity contribution in [2.45, 2.75) is 58.4 Å². The van der Waals surface area contributed by atoms with Crippen molar-refractivity contribution in [3.8, 4) is 0 Å². The summed E-state index contributed by atoms with van der Waals surface area (Å²) in [7, 11) is 0. The lowest BCUT2D eigenvalue weighted by atomic mass is 9.98. The zero-order valence-corrected chi connectivity index (χ0v) is 13.7. The van der Waals surface area contributed by atoms with Crippen LogP contribution in [0.25, 0.3) is 0 Å². The Hall–Kier alpha value is -0.250. The van der Waals surface area contributed by atoms with E-state index in [4.69, 9.17) is 0 Å². The van der Waals surface area contributed by atoms with E-state index in [1.54, 1.807) is 0 Å². The molecule has 0 saturated heterocycles. The van der Waals surface area contributed by atoms with Gasteiger partial charge in [-0.2, -0.15) is 0 Å². The van der Waals surface area contributed by atoms with Gasteiger partial charge in [-0.05, 0) is 72.4 Å². The van der Waals surface area contributed by atoms with Gasteiger partial charge in [0.15, 0.2) is 0 Å². The lowest BCUT2D eigenvalue weighted by Crippen LogP contribution is -2.19. The maximum absolute atomic E-state index is 3.77. The molecule has 1 fully saturated rings. The smallest absolute Gasteiger partial charge is 0.0382 e. The molecular weight excluding hydrogens is 333 g/mol. The SMILES string of the molecule is CCC1CCCC(Nc2cccc(I)c2C)CC1. The summed E-state index contributed by atoms with van der Waals surface area (Å²) in [5.41, 5.74) is 2.73. The molecule has 1 nitrogen and oxygen atoms in total. The van der Waals surface area contributed by atoms with Crippen LogP contribution >= 0.6 is 22.6 Å². The van der Waals surface area contributed by atoms with Gasteiger partial charge in [-0.15, -0.1) is 0 Å². The van der Waals surface area contributed by atoms with Crippen LogP contribution in [0.2, 0.25) is 0 Å². The number of hydrogen-bond acceptors (Lipinski definition) is 1. The van der Waals surface area contributed by atoms with Gasteiger partial charge in [0.25, 0.3) is 0 Å². The molecule has 0 radical (unpaired) electrons. The Kier molecular flexibility index (Phi) is 5.34. The lowest BCUT2D eigenvalue weighted by Gasteiger charge is -2.20. The fourth-order valence-corrected chi connectivity index (χ4v) is 3.41. The summed E-state index contributed by atoms with van der Waals surface area (Å²) < 4.78 is 1.36. The topological polar surface area (TPSA) is 12.0 Å². The Bertz CT molecular complexity index is 389. The molecule has 1 aromatic rings. The third-order valence-electron chi connectivity index (χ3n) is 4.29. The first-order chi connectivity index (χ1) is 8.70. The Morgan fingerprint density at radius 2 is 2.06 bits per heavy atom. The van der Waals surface area contributed by atoms with Crippen molar-refractivity contribution in [2.75, 3.05) is 5.32 Å². The van der Waals surface area contributed by atoms with Gasteiger partial charge < -0.3 is 5.32 Å². The second-order valence-corrected chi connectivity index (χ2v) is 6.70. The van der Waals surface area contributed by atoms with Gasteiger partial charge in [-0.25, -0.2) is 0 Å². The number of hydrogen-bond donors (Lipinski definition) is 1. The van der Waals surface area contributed by atoms with Gasteiger partial charge in [-0.1, -0.05) is 32.3 Å². The van der Waals surface area contributed by atoms with Gasteiger partial charge >= 0.3 is 0 Å². The molecule has 100 valence electrons. The molecule has 1 N–H and O–H groups in total. The first kappa shape index (κ1) is 14.2. The van der Waals surface area contributed by atoms with E-state index in [1.807, 2.05) is 0 Å². The van der Waals surface area contributed by atoms with Crippen LogP contribution in [-0.4, -0.2) is 6.04 Å². The highest BCUT2D eigenvalue weighted by atomic mass is 127. The normalized spacial score (nSPS) is 24.6. The van der Waals surface area contributed by atoms with E-state index >= 15 is 0 Å². The summed E-state index contributed by atoms with van der Waals surface area (Å²) in [5.74, 6) is 0.966. The van der Waals surface area contributed by atoms with Crippen LogP contribution < -0.4 is 5.32 Å². The molecule has 1 aliphatic rings. The van der Waals surface area contributed by atoms with Crippen LogP contribution in [0.3, 0.4) is 0 Å². The molecule has 2 atom stereocenters. The van der Waals surface area contributed by atoms with Crippen molar-refractivity contribution >= 4 is 28.3 Å². The molecule has 1 saturated carbocycles. The minimum Gasteiger partial charge on any atom is -0.382 e. The average Bonchev–Trinajstić information content (AvgIpc) is 2.60. The molecule has 18 heavy (non-hydrogen) atoms. The van der Waals surface area contributed by atoms with Crippen LogP contribution in [0.1, 0.15) is 51.0 Å². The molecule has 0 amide bonds. The molecule has 0 spiro atoms. The maximum Gasteiger partial charge on any atom is 0.0382 e. The second kappa shape index (κ2) is 6.78. The van der Waals surface area contributed by atoms with E-state index in [0.717, 1.165) is 5.92 Å². The van der Waals surface area contributed by atoms with E-state index in [0.29, 0.717) is 6.04 Å². The minimum absolute atomic E-state index is 0.679. The van der Waals surface area contributed by atoms with Crippen molar-refractivity contribution in [3.05, 3.63) is 27.3 Å². The average molecular weight is 357 g/mol. The van der Waals surface area contributed by atoms with Gasteiger partial charge in [0.1, 0.15) is 0 Å². The van der Waals surface area contributed by atoms with E-state index in [2.05, 4.69) is 60.0 Å². The lowest BCUT2D eigenvalue weighted by molar-refractivity contribution is 0.444. The van der Waals surface area contributed by atoms with Crippen molar-refractivity contribution in [1.82, 2.24) is 0 Å². The van der Waals surface area contributed by atoms with E-state index in [-0.39, 0.29) is 0 Å². The van der Waals surface area contributed by atoms with Gasteiger partial charge in [0.05, 0.1) is 0 Å². The molecule has 0 aliphatic heterocycles. The van der Waals surface area contributed by atoms with E-state index < -0.39 is 0 Å². The zero-order valence-electron chi connectivity index (χ0n) is 11.5. The summed E-state index contributed by atoms with van der Waals surface area (Å²) in [6.45, 7) is 4.55. The van der Waals surface area contributed by atoms with Crippen LogP contribution in [0.4, 0.5) is 5.69 Å². The summed E-state index contributed by atoms with van der Waals surface area (Å²) in [6.07, 6.45) is 8.25. The van der Waals surface area contributed by atoms with Crippen LogP contribution in [-0.2, 0) is 0 Å². The highest BCUT2D eigenvalue weighted by Gasteiger charge is 2.18. The molecule has 0 heterocycles. The summed E-state index contributed by atoms with van der Waals surface area (Å²) in [6, 6.07) is 7.24. The Morgan fingerprint density at radius 3 is 2.83 bits per heavy atom. The highest BCUT2D eigenvalue weighted by molar-refractivity contribution is 14.1. The number of benzene rings is 1. The van der Waals surface area contributed by atoms with Crippen LogP contribution in [0.5, 0.6) is 0 Å². The highest BCUT2D eigenvalue weighted by Crippen LogP contribution is 2.28. The summed E-state index contributed by atoms with van der Waals surface area (Å²) >= 11 is 2.42. The Labute approximate surface area is 125 Å². The third-order valence-corrected chi connectivity index (χ3v) is 5.46. The fraction of sp³-hybridized carbons (Fsp3) is 0.625. The van der Waals surface area contributed by atoms with Crippen molar-refractivity contribution in [3.63, 3.8) is 0 Å². The molecule has 1 aromatic carbocycles. The second-order valence-electron chi connectivity index (χ2n) is 5.54. The molecule has 0 bridgehead atoms. The van der Waals surface area contributed by atoms with Crippen LogP contribution in [0, 0.1) is 16.4 Å². The fourth-order valence-electron chi connectivity index (χ4n) is 2.91. The number of nitrogens with one attached hydrogen (secondary N) is 1. The zero-order chi connectivity index (χ0) is 13.0. The van der Waals surface area contributed by atoms with Gasteiger partial charge in [-0.3, -0.25) is 0 Å². The first-order valence-corrected chi connectivity index (χ1v) is 8.30. The standard InChI is InChI=1S/C16H24IN/c1-3-13-6-4-7-14(11-10-13)18-16-9-5-8-15(17)12(16)2/h5,8-9,13-14,18H,3-4,6-7,10-11H2,1-2H3. The van der Waals surface area contributed by atoms with E-state index in [9.17, 15) is 0 Å². The molecule has 0 aromatic heterocycles. The molecule has 2 heteroatoms. The van der Waals surface area contributed by atoms with Crippen molar-refractivity contribution in [1.29, 1.82) is 0 Å². The predicted octanol–water partition coefficient (Wildman–Crippen LogP) is 5.37. The minimum atomic E-state index is 0.679. The van der Waals surface area contributed by atoms with Crippen molar-refractivity contribution < 1.29 is 0 Å². The molecule has 2 unspecified atom stereocenters. The number of anilines is 1. The first-order valence-electron chi connectivity index (χ1n) is 7.22. The van der Waals surface area contributed by atoms with E-state index in [1.165, 1.54) is 53.3 Å². The summed E-state index contributed by atoms with van der Waals surface area (Å²) in [5, 5.41) is 3.77. The molecular formula is C16H24IN. The van der Waals surface area contributed by atoms with Gasteiger partial charge in [0.2, 0.25) is 0 Å². The third kappa shape index (κ3) is 3.62. The quantitative estimate of drug-likeness (QED) is 0.566. The predicted molar refractivity (Wildman–Crippen MR) is 88.2 cm³/mol. The van der Waals surface area contributed by atoms with Gasteiger partial charge in [0, 0.05) is 15.3 Å². The molecule has 2 rings (SSSR count). The van der Waals surface area contributed by atoms with Crippen LogP contribution in [0.15, 0.2) is 18.2 Å². The van der Waals surface area contributed by atoms with Crippen molar-refractivity contribution in [2.24, 2.45) is 5.92 Å².